The smallest absolute Gasteiger partial charge is 0.243 e. The van der Waals surface area contributed by atoms with Gasteiger partial charge in [-0.25, -0.2) is 13.4 Å². The molecule has 1 aliphatic rings. The third kappa shape index (κ3) is 4.13. The first-order valence-corrected chi connectivity index (χ1v) is 12.9. The van der Waals surface area contributed by atoms with Crippen LogP contribution in [0.4, 0.5) is 0 Å². The molecule has 32 heavy (non-hydrogen) atoms. The Bertz CT molecular complexity index is 1360. The number of piperidine rings is 1. The minimum atomic E-state index is -3.58. The standard InChI is InChI=1S/C24H23N3O3S2/c28-24(25-16-23-26-21-7-3-4-8-22(21)31-23)18-11-13-27(14-12-18)32(29,30)20-10-9-17-5-1-2-6-19(17)15-20/h1-10,15,18H,11-14,16H2,(H,25,28). The number of amides is 1. The summed E-state index contributed by atoms with van der Waals surface area (Å²) in [5.41, 5.74) is 0.939. The number of para-hydroxylation sites is 1. The van der Waals surface area contributed by atoms with Gasteiger partial charge in [-0.1, -0.05) is 42.5 Å². The largest absolute Gasteiger partial charge is 0.349 e. The Morgan fingerprint density at radius 1 is 1.00 bits per heavy atom. The quantitative estimate of drug-likeness (QED) is 0.480. The van der Waals surface area contributed by atoms with Crippen LogP contribution < -0.4 is 5.32 Å². The van der Waals surface area contributed by atoms with Gasteiger partial charge >= 0.3 is 0 Å². The van der Waals surface area contributed by atoms with E-state index in [1.54, 1.807) is 23.5 Å². The summed E-state index contributed by atoms with van der Waals surface area (Å²) in [6.07, 6.45) is 1.02. The third-order valence-corrected chi connectivity index (χ3v) is 8.87. The van der Waals surface area contributed by atoms with Crippen molar-refractivity contribution in [1.82, 2.24) is 14.6 Å². The van der Waals surface area contributed by atoms with Gasteiger partial charge in [-0.05, 0) is 47.9 Å². The maximum atomic E-state index is 13.1. The molecule has 1 amide bonds. The Morgan fingerprint density at radius 3 is 2.50 bits per heavy atom. The molecule has 0 saturated carbocycles. The molecule has 1 saturated heterocycles. The van der Waals surface area contributed by atoms with Crippen LogP contribution in [0.2, 0.25) is 0 Å². The normalized spacial score (nSPS) is 15.9. The minimum Gasteiger partial charge on any atom is -0.349 e. The number of thiazole rings is 1. The second-order valence-electron chi connectivity index (χ2n) is 7.98. The Hall–Kier alpha value is -2.81. The minimum absolute atomic E-state index is 0.0352. The number of hydrogen-bond donors (Lipinski definition) is 1. The summed E-state index contributed by atoms with van der Waals surface area (Å²) >= 11 is 1.57. The van der Waals surface area contributed by atoms with Crippen molar-refractivity contribution in [3.8, 4) is 0 Å². The molecule has 3 aromatic carbocycles. The van der Waals surface area contributed by atoms with Gasteiger partial charge in [0.05, 0.1) is 21.7 Å². The average Bonchev–Trinajstić information content (AvgIpc) is 3.25. The Morgan fingerprint density at radius 2 is 1.72 bits per heavy atom. The van der Waals surface area contributed by atoms with Crippen molar-refractivity contribution in [2.24, 2.45) is 5.92 Å². The van der Waals surface area contributed by atoms with E-state index >= 15 is 0 Å². The average molecular weight is 466 g/mol. The van der Waals surface area contributed by atoms with Gasteiger partial charge in [0, 0.05) is 19.0 Å². The Balaban J connectivity index is 1.20. The predicted molar refractivity (Wildman–Crippen MR) is 127 cm³/mol. The summed E-state index contributed by atoms with van der Waals surface area (Å²) in [6, 6.07) is 20.8. The first-order chi connectivity index (χ1) is 15.5. The molecule has 8 heteroatoms. The van der Waals surface area contributed by atoms with E-state index in [9.17, 15) is 13.2 Å². The molecular weight excluding hydrogens is 442 g/mol. The zero-order chi connectivity index (χ0) is 22.1. The number of carbonyl (C=O) groups is 1. The lowest BCUT2D eigenvalue weighted by Gasteiger charge is -2.30. The molecule has 0 atom stereocenters. The van der Waals surface area contributed by atoms with Gasteiger partial charge in [-0.3, -0.25) is 4.79 Å². The van der Waals surface area contributed by atoms with Crippen LogP contribution in [0, 0.1) is 5.92 Å². The van der Waals surface area contributed by atoms with Gasteiger partial charge in [0.15, 0.2) is 0 Å². The fourth-order valence-electron chi connectivity index (χ4n) is 4.14. The van der Waals surface area contributed by atoms with E-state index in [1.165, 1.54) is 4.31 Å². The number of sulfonamides is 1. The van der Waals surface area contributed by atoms with Crippen LogP contribution in [0.25, 0.3) is 21.0 Å². The summed E-state index contributed by atoms with van der Waals surface area (Å²) in [4.78, 5) is 17.5. The van der Waals surface area contributed by atoms with Crippen molar-refractivity contribution in [2.45, 2.75) is 24.3 Å². The fourth-order valence-corrected chi connectivity index (χ4v) is 6.55. The fraction of sp³-hybridized carbons (Fsp3) is 0.250. The van der Waals surface area contributed by atoms with E-state index in [2.05, 4.69) is 10.3 Å². The second-order valence-corrected chi connectivity index (χ2v) is 11.0. The molecule has 4 aromatic rings. The van der Waals surface area contributed by atoms with Crippen molar-refractivity contribution in [3.63, 3.8) is 0 Å². The molecule has 164 valence electrons. The van der Waals surface area contributed by atoms with Crippen LogP contribution in [0.3, 0.4) is 0 Å². The number of fused-ring (bicyclic) bond motifs is 2. The van der Waals surface area contributed by atoms with Gasteiger partial charge in [-0.15, -0.1) is 11.3 Å². The van der Waals surface area contributed by atoms with Crippen LogP contribution in [-0.4, -0.2) is 36.7 Å². The van der Waals surface area contributed by atoms with Gasteiger partial charge in [0.1, 0.15) is 5.01 Å². The van der Waals surface area contributed by atoms with Crippen molar-refractivity contribution in [3.05, 3.63) is 71.7 Å². The van der Waals surface area contributed by atoms with E-state index in [4.69, 9.17) is 0 Å². The highest BCUT2D eigenvalue weighted by molar-refractivity contribution is 7.89. The van der Waals surface area contributed by atoms with Crippen LogP contribution in [0.5, 0.6) is 0 Å². The highest BCUT2D eigenvalue weighted by Gasteiger charge is 2.32. The summed E-state index contributed by atoms with van der Waals surface area (Å²) < 4.78 is 28.8. The van der Waals surface area contributed by atoms with Gasteiger partial charge in [-0.2, -0.15) is 4.31 Å². The van der Waals surface area contributed by atoms with Gasteiger partial charge in [0.2, 0.25) is 15.9 Å². The maximum absolute atomic E-state index is 13.1. The lowest BCUT2D eigenvalue weighted by molar-refractivity contribution is -0.126. The van der Waals surface area contributed by atoms with E-state index < -0.39 is 10.0 Å². The molecule has 0 bridgehead atoms. The number of aromatic nitrogens is 1. The first-order valence-electron chi connectivity index (χ1n) is 10.6. The van der Waals surface area contributed by atoms with Crippen molar-refractivity contribution in [2.75, 3.05) is 13.1 Å². The molecule has 0 unspecified atom stereocenters. The molecule has 2 heterocycles. The summed E-state index contributed by atoms with van der Waals surface area (Å²) in [7, 11) is -3.58. The van der Waals surface area contributed by atoms with Crippen LogP contribution >= 0.6 is 11.3 Å². The number of hydrogen-bond acceptors (Lipinski definition) is 5. The van der Waals surface area contributed by atoms with Gasteiger partial charge in [0.25, 0.3) is 0 Å². The molecule has 1 aliphatic heterocycles. The number of benzene rings is 3. The Labute approximate surface area is 190 Å². The molecule has 1 fully saturated rings. The molecule has 1 aromatic heterocycles. The molecule has 0 aliphatic carbocycles. The molecule has 0 radical (unpaired) electrons. The number of carbonyl (C=O) groups excluding carboxylic acids is 1. The topological polar surface area (TPSA) is 79.4 Å². The van der Waals surface area contributed by atoms with E-state index in [0.717, 1.165) is 26.0 Å². The monoisotopic (exact) mass is 465 g/mol. The van der Waals surface area contributed by atoms with Gasteiger partial charge < -0.3 is 5.32 Å². The molecule has 6 nitrogen and oxygen atoms in total. The van der Waals surface area contributed by atoms with E-state index in [0.29, 0.717) is 37.4 Å². The summed E-state index contributed by atoms with van der Waals surface area (Å²) in [5, 5.41) is 5.76. The second kappa shape index (κ2) is 8.61. The Kier molecular flexibility index (Phi) is 5.67. The van der Waals surface area contributed by atoms with E-state index in [1.807, 2.05) is 54.6 Å². The molecular formula is C24H23N3O3S2. The molecule has 0 spiro atoms. The SMILES string of the molecule is O=C(NCc1nc2ccccc2s1)C1CCN(S(=O)(=O)c2ccc3ccccc3c2)CC1. The first kappa shape index (κ1) is 21.1. The lowest BCUT2D eigenvalue weighted by atomic mass is 9.97. The highest BCUT2D eigenvalue weighted by Crippen LogP contribution is 2.27. The van der Waals surface area contributed by atoms with Crippen LogP contribution in [0.1, 0.15) is 17.8 Å². The number of rotatable bonds is 5. The number of nitrogens with one attached hydrogen (secondary N) is 1. The summed E-state index contributed by atoms with van der Waals surface area (Å²) in [6.45, 7) is 1.08. The predicted octanol–water partition coefficient (Wildman–Crippen LogP) is 4.17. The van der Waals surface area contributed by atoms with Crippen molar-refractivity contribution in [1.29, 1.82) is 0 Å². The van der Waals surface area contributed by atoms with Crippen LogP contribution in [-0.2, 0) is 21.4 Å². The van der Waals surface area contributed by atoms with Crippen molar-refractivity contribution < 1.29 is 13.2 Å². The van der Waals surface area contributed by atoms with Crippen LogP contribution in [0.15, 0.2) is 71.6 Å². The zero-order valence-corrected chi connectivity index (χ0v) is 19.0. The molecule has 5 rings (SSSR count). The summed E-state index contributed by atoms with van der Waals surface area (Å²) in [5.74, 6) is -0.223. The van der Waals surface area contributed by atoms with E-state index in [-0.39, 0.29) is 11.8 Å². The number of nitrogens with zero attached hydrogens (tertiary/aromatic N) is 2. The van der Waals surface area contributed by atoms with Crippen molar-refractivity contribution >= 4 is 48.3 Å². The third-order valence-electron chi connectivity index (χ3n) is 5.94. The lowest BCUT2D eigenvalue weighted by Crippen LogP contribution is -2.42. The molecule has 1 N–H and O–H groups in total. The highest BCUT2D eigenvalue weighted by atomic mass is 32.2. The maximum Gasteiger partial charge on any atom is 0.243 e. The zero-order valence-electron chi connectivity index (χ0n) is 17.4.